The highest BCUT2D eigenvalue weighted by Gasteiger charge is 2.30. The molecule has 2 aromatic rings. The van der Waals surface area contributed by atoms with Crippen LogP contribution in [0.25, 0.3) is 11.5 Å². The number of aromatic nitrogens is 1. The van der Waals surface area contributed by atoms with E-state index in [1.165, 1.54) is 12.1 Å². The first-order valence-electron chi connectivity index (χ1n) is 9.55. The molecule has 1 saturated heterocycles. The molecule has 144 valence electrons. The van der Waals surface area contributed by atoms with E-state index in [1.807, 2.05) is 6.92 Å². The van der Waals surface area contributed by atoms with Crippen molar-refractivity contribution in [1.29, 1.82) is 0 Å². The van der Waals surface area contributed by atoms with Crippen LogP contribution in [-0.2, 0) is 11.3 Å². The molecule has 1 aromatic heterocycles. The summed E-state index contributed by atoms with van der Waals surface area (Å²) >= 11 is 0. The number of benzene rings is 1. The van der Waals surface area contributed by atoms with Gasteiger partial charge in [0.2, 0.25) is 11.8 Å². The Morgan fingerprint density at radius 2 is 2.11 bits per heavy atom. The first-order chi connectivity index (χ1) is 13.1. The van der Waals surface area contributed by atoms with Crippen LogP contribution in [0.5, 0.6) is 0 Å². The number of hydrogen-bond acceptors (Lipinski definition) is 5. The molecule has 6 nitrogen and oxygen atoms in total. The summed E-state index contributed by atoms with van der Waals surface area (Å²) in [4.78, 5) is 21.2. The number of nitrogens with one attached hydrogen (secondary N) is 1. The summed E-state index contributed by atoms with van der Waals surface area (Å²) in [7, 11) is 0. The molecule has 1 aromatic carbocycles. The Kier molecular flexibility index (Phi) is 5.22. The summed E-state index contributed by atoms with van der Waals surface area (Å²) in [5, 5.41) is 3.08. The zero-order chi connectivity index (χ0) is 18.8. The molecule has 0 bridgehead atoms. The lowest BCUT2D eigenvalue weighted by Gasteiger charge is -2.37. The Morgan fingerprint density at radius 1 is 1.33 bits per heavy atom. The van der Waals surface area contributed by atoms with Crippen LogP contribution in [-0.4, -0.2) is 59.0 Å². The van der Waals surface area contributed by atoms with E-state index in [-0.39, 0.29) is 17.8 Å². The molecule has 0 spiro atoms. The number of amides is 1. The Labute approximate surface area is 158 Å². The van der Waals surface area contributed by atoms with Gasteiger partial charge in [0.1, 0.15) is 12.1 Å². The fraction of sp³-hybridized carbons (Fsp3) is 0.500. The Balaban J connectivity index is 1.28. The van der Waals surface area contributed by atoms with Crippen LogP contribution in [0.3, 0.4) is 0 Å². The van der Waals surface area contributed by atoms with Crippen LogP contribution in [0, 0.1) is 5.82 Å². The highest BCUT2D eigenvalue weighted by atomic mass is 19.1. The molecule has 0 radical (unpaired) electrons. The van der Waals surface area contributed by atoms with E-state index in [0.717, 1.165) is 44.7 Å². The lowest BCUT2D eigenvalue weighted by molar-refractivity contribution is -0.126. The van der Waals surface area contributed by atoms with Gasteiger partial charge in [-0.25, -0.2) is 9.37 Å². The van der Waals surface area contributed by atoms with E-state index >= 15 is 0 Å². The zero-order valence-corrected chi connectivity index (χ0v) is 15.5. The van der Waals surface area contributed by atoms with E-state index in [4.69, 9.17) is 4.42 Å². The molecular weight excluding hydrogens is 347 g/mol. The van der Waals surface area contributed by atoms with Gasteiger partial charge in [-0.1, -0.05) is 6.07 Å². The number of oxazole rings is 1. The predicted octanol–water partition coefficient (Wildman–Crippen LogP) is 2.27. The van der Waals surface area contributed by atoms with Crippen molar-refractivity contribution in [2.24, 2.45) is 0 Å². The minimum absolute atomic E-state index is 0.0839. The molecule has 7 heteroatoms. The van der Waals surface area contributed by atoms with Crippen LogP contribution in [0.4, 0.5) is 4.39 Å². The number of carbonyl (C=O) groups is 1. The second kappa shape index (κ2) is 7.78. The average molecular weight is 372 g/mol. The van der Waals surface area contributed by atoms with Gasteiger partial charge in [-0.05, 0) is 38.0 Å². The number of hydrogen-bond donors (Lipinski definition) is 1. The van der Waals surface area contributed by atoms with Gasteiger partial charge in [-0.3, -0.25) is 14.6 Å². The molecule has 2 heterocycles. The van der Waals surface area contributed by atoms with Gasteiger partial charge < -0.3 is 9.73 Å². The van der Waals surface area contributed by atoms with Crippen molar-refractivity contribution in [3.05, 3.63) is 42.0 Å². The molecule has 1 amide bonds. The van der Waals surface area contributed by atoms with Gasteiger partial charge in [-0.2, -0.15) is 0 Å². The van der Waals surface area contributed by atoms with Crippen LogP contribution < -0.4 is 5.32 Å². The van der Waals surface area contributed by atoms with Crippen molar-refractivity contribution >= 4 is 5.91 Å². The van der Waals surface area contributed by atoms with Crippen molar-refractivity contribution in [1.82, 2.24) is 20.1 Å². The Hall–Kier alpha value is -2.25. The molecule has 1 atom stereocenters. The van der Waals surface area contributed by atoms with Crippen LogP contribution in [0.2, 0.25) is 0 Å². The summed E-state index contributed by atoms with van der Waals surface area (Å²) in [6, 6.07) is 6.57. The maximum absolute atomic E-state index is 13.4. The molecule has 1 aliphatic heterocycles. The molecular formula is C20H25FN4O2. The van der Waals surface area contributed by atoms with E-state index in [2.05, 4.69) is 20.1 Å². The van der Waals surface area contributed by atoms with Crippen LogP contribution in [0.15, 0.2) is 34.9 Å². The van der Waals surface area contributed by atoms with Crippen LogP contribution in [0.1, 0.15) is 25.5 Å². The van der Waals surface area contributed by atoms with Crippen LogP contribution >= 0.6 is 0 Å². The molecule has 2 aliphatic rings. The van der Waals surface area contributed by atoms with Gasteiger partial charge in [0.25, 0.3) is 0 Å². The monoisotopic (exact) mass is 372 g/mol. The normalized spacial score (nSPS) is 19.8. The summed E-state index contributed by atoms with van der Waals surface area (Å²) in [5.41, 5.74) is 1.48. The van der Waals surface area contributed by atoms with Gasteiger partial charge in [0.15, 0.2) is 0 Å². The second-order valence-corrected chi connectivity index (χ2v) is 7.43. The average Bonchev–Trinajstić information content (AvgIpc) is 3.36. The standard InChI is InChI=1S/C20H25FN4O2/c1-14(19(26)22-17-5-6-17)25-9-7-24(8-10-25)12-18-13-27-20(23-18)15-3-2-4-16(21)11-15/h2-4,11,13-14,17H,5-10,12H2,1H3,(H,22,26). The van der Waals surface area contributed by atoms with Gasteiger partial charge in [-0.15, -0.1) is 0 Å². The second-order valence-electron chi connectivity index (χ2n) is 7.43. The predicted molar refractivity (Wildman–Crippen MR) is 99.4 cm³/mol. The van der Waals surface area contributed by atoms with Gasteiger partial charge >= 0.3 is 0 Å². The molecule has 1 aliphatic carbocycles. The molecule has 4 rings (SSSR count). The summed E-state index contributed by atoms with van der Waals surface area (Å²) in [5.74, 6) is 0.277. The summed E-state index contributed by atoms with van der Waals surface area (Å²) < 4.78 is 18.9. The minimum atomic E-state index is -0.303. The molecule has 1 saturated carbocycles. The maximum atomic E-state index is 13.4. The highest BCUT2D eigenvalue weighted by molar-refractivity contribution is 5.81. The summed E-state index contributed by atoms with van der Waals surface area (Å²) in [6.45, 7) is 6.14. The smallest absolute Gasteiger partial charge is 0.237 e. The maximum Gasteiger partial charge on any atom is 0.237 e. The van der Waals surface area contributed by atoms with Crippen molar-refractivity contribution in [3.8, 4) is 11.5 Å². The van der Waals surface area contributed by atoms with E-state index in [1.54, 1.807) is 18.4 Å². The molecule has 2 fully saturated rings. The first kappa shape index (κ1) is 18.1. The molecule has 27 heavy (non-hydrogen) atoms. The third-order valence-electron chi connectivity index (χ3n) is 5.27. The summed E-state index contributed by atoms with van der Waals surface area (Å²) in [6.07, 6.45) is 3.86. The van der Waals surface area contributed by atoms with Crippen molar-refractivity contribution in [2.45, 2.75) is 38.4 Å². The lowest BCUT2D eigenvalue weighted by atomic mass is 10.2. The third kappa shape index (κ3) is 4.54. The van der Waals surface area contributed by atoms with E-state index in [0.29, 0.717) is 24.0 Å². The number of piperazine rings is 1. The van der Waals surface area contributed by atoms with Crippen molar-refractivity contribution < 1.29 is 13.6 Å². The number of halogens is 1. The highest BCUT2D eigenvalue weighted by Crippen LogP contribution is 2.21. The topological polar surface area (TPSA) is 61.6 Å². The minimum Gasteiger partial charge on any atom is -0.444 e. The van der Waals surface area contributed by atoms with E-state index in [9.17, 15) is 9.18 Å². The fourth-order valence-electron chi connectivity index (χ4n) is 3.39. The Morgan fingerprint density at radius 3 is 2.81 bits per heavy atom. The van der Waals surface area contributed by atoms with Gasteiger partial charge in [0, 0.05) is 44.3 Å². The third-order valence-corrected chi connectivity index (χ3v) is 5.27. The van der Waals surface area contributed by atoms with Crippen molar-refractivity contribution in [2.75, 3.05) is 26.2 Å². The van der Waals surface area contributed by atoms with Crippen molar-refractivity contribution in [3.63, 3.8) is 0 Å². The lowest BCUT2D eigenvalue weighted by Crippen LogP contribution is -2.53. The first-order valence-corrected chi connectivity index (χ1v) is 9.55. The number of carbonyl (C=O) groups excluding carboxylic acids is 1. The van der Waals surface area contributed by atoms with Gasteiger partial charge in [0.05, 0.1) is 11.7 Å². The van der Waals surface area contributed by atoms with E-state index < -0.39 is 0 Å². The number of rotatable bonds is 6. The SMILES string of the molecule is CC(C(=O)NC1CC1)N1CCN(Cc2coc(-c3cccc(F)c3)n2)CC1. The molecule has 1 unspecified atom stereocenters. The Bertz CT molecular complexity index is 797. The quantitative estimate of drug-likeness (QED) is 0.843. The number of nitrogens with zero attached hydrogens (tertiary/aromatic N) is 3. The largest absolute Gasteiger partial charge is 0.444 e. The zero-order valence-electron chi connectivity index (χ0n) is 15.5. The fourth-order valence-corrected chi connectivity index (χ4v) is 3.39. The molecule has 1 N–H and O–H groups in total.